The lowest BCUT2D eigenvalue weighted by Gasteiger charge is -2.33. The van der Waals surface area contributed by atoms with Gasteiger partial charge in [-0.15, -0.1) is 0 Å². The number of anilines is 2. The molecule has 0 unspecified atom stereocenters. The Hall–Kier alpha value is -3.77. The third kappa shape index (κ3) is 7.42. The number of nitro groups is 1. The van der Waals surface area contributed by atoms with E-state index in [9.17, 15) is 23.3 Å². The Labute approximate surface area is 231 Å². The summed E-state index contributed by atoms with van der Waals surface area (Å²) in [5, 5.41) is 14.0. The predicted molar refractivity (Wildman–Crippen MR) is 152 cm³/mol. The van der Waals surface area contributed by atoms with E-state index in [0.29, 0.717) is 36.8 Å². The summed E-state index contributed by atoms with van der Waals surface area (Å²) in [7, 11) is -3.54. The number of amides is 1. The van der Waals surface area contributed by atoms with Crippen LogP contribution < -0.4 is 5.32 Å². The van der Waals surface area contributed by atoms with Crippen molar-refractivity contribution >= 4 is 55.9 Å². The lowest BCUT2D eigenvalue weighted by Crippen LogP contribution is -2.44. The summed E-state index contributed by atoms with van der Waals surface area (Å²) in [5.74, 6) is 0. The predicted octanol–water partition coefficient (Wildman–Crippen LogP) is 6.14. The third-order valence-corrected chi connectivity index (χ3v) is 9.19. The topological polar surface area (TPSA) is 132 Å². The van der Waals surface area contributed by atoms with E-state index in [1.165, 1.54) is 23.5 Å². The van der Waals surface area contributed by atoms with Crippen LogP contribution in [-0.2, 0) is 14.6 Å². The molecule has 0 aliphatic carbocycles. The zero-order valence-corrected chi connectivity index (χ0v) is 23.5. The lowest BCUT2D eigenvalue weighted by molar-refractivity contribution is -0.384. The molecule has 4 rings (SSSR count). The van der Waals surface area contributed by atoms with Crippen LogP contribution in [0.25, 0.3) is 12.2 Å². The van der Waals surface area contributed by atoms with Crippen LogP contribution in [0.1, 0.15) is 44.1 Å². The summed E-state index contributed by atoms with van der Waals surface area (Å²) >= 11 is 1.42. The van der Waals surface area contributed by atoms with Crippen molar-refractivity contribution in [3.63, 3.8) is 0 Å². The highest BCUT2D eigenvalue weighted by molar-refractivity contribution is 7.92. The first-order valence-corrected chi connectivity index (χ1v) is 14.7. The number of nitrogens with one attached hydrogen (secondary N) is 1. The van der Waals surface area contributed by atoms with Crippen molar-refractivity contribution < 1.29 is 22.9 Å². The average molecular weight is 571 g/mol. The van der Waals surface area contributed by atoms with E-state index in [-0.39, 0.29) is 10.6 Å². The number of thiazole rings is 1. The van der Waals surface area contributed by atoms with Gasteiger partial charge in [-0.3, -0.25) is 10.1 Å². The van der Waals surface area contributed by atoms with Crippen LogP contribution >= 0.6 is 11.3 Å². The van der Waals surface area contributed by atoms with Gasteiger partial charge in [0.1, 0.15) is 5.60 Å². The van der Waals surface area contributed by atoms with Crippen LogP contribution in [0, 0.1) is 10.1 Å². The minimum Gasteiger partial charge on any atom is -0.444 e. The number of benzene rings is 2. The number of hydrogen-bond acceptors (Lipinski definition) is 9. The Kier molecular flexibility index (Phi) is 8.36. The molecule has 39 heavy (non-hydrogen) atoms. The van der Waals surface area contributed by atoms with Crippen molar-refractivity contribution in [1.82, 2.24) is 9.88 Å². The van der Waals surface area contributed by atoms with Gasteiger partial charge in [0.15, 0.2) is 15.0 Å². The Balaban J connectivity index is 1.33. The Morgan fingerprint density at radius 1 is 1.10 bits per heavy atom. The van der Waals surface area contributed by atoms with Crippen molar-refractivity contribution in [2.45, 2.75) is 49.4 Å². The SMILES string of the molecule is CC(C)(C)OC(=O)N1CCC(S(=O)(=O)c2ccc(Nc3ncc(C=Cc4ccc([N+](=O)[O-])cc4)s3)cc2)CC1. The van der Waals surface area contributed by atoms with Crippen molar-refractivity contribution in [3.8, 4) is 0 Å². The number of likely N-dealkylation sites (tertiary alicyclic amines) is 1. The number of hydrogen-bond donors (Lipinski definition) is 1. The number of carbonyl (C=O) groups is 1. The molecular weight excluding hydrogens is 540 g/mol. The lowest BCUT2D eigenvalue weighted by atomic mass is 10.1. The normalized spacial score (nSPS) is 14.9. The first-order valence-electron chi connectivity index (χ1n) is 12.4. The average Bonchev–Trinajstić information content (AvgIpc) is 3.34. The molecule has 10 nitrogen and oxygen atoms in total. The van der Waals surface area contributed by atoms with Gasteiger partial charge in [-0.2, -0.15) is 0 Å². The van der Waals surface area contributed by atoms with Gasteiger partial charge in [-0.1, -0.05) is 17.4 Å². The Morgan fingerprint density at radius 3 is 2.33 bits per heavy atom. The monoisotopic (exact) mass is 570 g/mol. The summed E-state index contributed by atoms with van der Waals surface area (Å²) in [6.07, 6.45) is 5.72. The summed E-state index contributed by atoms with van der Waals surface area (Å²) in [5.41, 5.74) is 0.978. The first kappa shape index (κ1) is 28.2. The molecule has 0 radical (unpaired) electrons. The first-order chi connectivity index (χ1) is 18.4. The van der Waals surface area contributed by atoms with Crippen LogP contribution in [0.2, 0.25) is 0 Å². The van der Waals surface area contributed by atoms with E-state index in [0.717, 1.165) is 10.4 Å². The van der Waals surface area contributed by atoms with Gasteiger partial charge in [-0.25, -0.2) is 18.2 Å². The maximum atomic E-state index is 13.2. The molecule has 1 aliphatic heterocycles. The molecule has 1 aromatic heterocycles. The summed E-state index contributed by atoms with van der Waals surface area (Å²) < 4.78 is 31.8. The van der Waals surface area contributed by atoms with Crippen molar-refractivity contribution in [1.29, 1.82) is 0 Å². The molecule has 0 bridgehead atoms. The Bertz CT molecular complexity index is 1450. The van der Waals surface area contributed by atoms with Gasteiger partial charge >= 0.3 is 6.09 Å². The van der Waals surface area contributed by atoms with Crippen LogP contribution in [0.5, 0.6) is 0 Å². The number of rotatable bonds is 7. The molecule has 2 heterocycles. The Morgan fingerprint density at radius 2 is 1.74 bits per heavy atom. The smallest absolute Gasteiger partial charge is 0.410 e. The minimum atomic E-state index is -3.54. The molecule has 1 fully saturated rings. The van der Waals surface area contributed by atoms with Crippen molar-refractivity contribution in [2.75, 3.05) is 18.4 Å². The molecule has 1 saturated heterocycles. The minimum absolute atomic E-state index is 0.0406. The van der Waals surface area contributed by atoms with Crippen LogP contribution in [0.3, 0.4) is 0 Å². The summed E-state index contributed by atoms with van der Waals surface area (Å²) in [6, 6.07) is 12.8. The van der Waals surface area contributed by atoms with E-state index in [1.807, 2.05) is 12.2 Å². The molecule has 1 aliphatic rings. The van der Waals surface area contributed by atoms with Gasteiger partial charge in [0.25, 0.3) is 5.69 Å². The highest BCUT2D eigenvalue weighted by Gasteiger charge is 2.34. The number of sulfone groups is 1. The number of ether oxygens (including phenoxy) is 1. The zero-order valence-electron chi connectivity index (χ0n) is 21.9. The van der Waals surface area contributed by atoms with E-state index in [2.05, 4.69) is 10.3 Å². The van der Waals surface area contributed by atoms with Crippen LogP contribution in [0.15, 0.2) is 59.6 Å². The van der Waals surface area contributed by atoms with E-state index >= 15 is 0 Å². The maximum Gasteiger partial charge on any atom is 0.410 e. The number of aromatic nitrogens is 1. The maximum absolute atomic E-state index is 13.2. The molecule has 206 valence electrons. The molecule has 1 N–H and O–H groups in total. The fourth-order valence-electron chi connectivity index (χ4n) is 4.03. The number of nitrogens with zero attached hydrogens (tertiary/aromatic N) is 3. The second-order valence-corrected chi connectivity index (χ2v) is 13.4. The largest absolute Gasteiger partial charge is 0.444 e. The van der Waals surface area contributed by atoms with E-state index in [4.69, 9.17) is 4.74 Å². The highest BCUT2D eigenvalue weighted by atomic mass is 32.2. The van der Waals surface area contributed by atoms with E-state index < -0.39 is 31.7 Å². The summed E-state index contributed by atoms with van der Waals surface area (Å²) in [4.78, 5) is 29.7. The molecular formula is C27H30N4O6S2. The fourth-order valence-corrected chi connectivity index (χ4v) is 6.50. The molecule has 3 aromatic rings. The fraction of sp³-hybridized carbons (Fsp3) is 0.333. The van der Waals surface area contributed by atoms with Crippen LogP contribution in [0.4, 0.5) is 21.3 Å². The van der Waals surface area contributed by atoms with Gasteiger partial charge in [0.05, 0.1) is 15.1 Å². The zero-order chi connectivity index (χ0) is 28.2. The van der Waals surface area contributed by atoms with Gasteiger partial charge in [0, 0.05) is 42.0 Å². The standard InChI is InChI=1S/C27H30N4O6S2/c1-27(2,3)37-26(32)30-16-14-24(15-17-30)39(35,36)23-12-7-20(8-13-23)29-25-28-18-22(38-25)11-6-19-4-9-21(10-5-19)31(33)34/h4-13,18,24H,14-17H2,1-3H3,(H,28,29). The van der Waals surface area contributed by atoms with Crippen molar-refractivity contribution in [3.05, 3.63) is 75.3 Å². The van der Waals surface area contributed by atoms with E-state index in [1.54, 1.807) is 68.3 Å². The molecule has 0 atom stereocenters. The number of nitro benzene ring substituents is 1. The van der Waals surface area contributed by atoms with Gasteiger partial charge in [-0.05, 0) is 81.7 Å². The molecule has 0 saturated carbocycles. The molecule has 12 heteroatoms. The molecule has 0 spiro atoms. The number of carbonyl (C=O) groups excluding carboxylic acids is 1. The molecule has 1 amide bonds. The summed E-state index contributed by atoms with van der Waals surface area (Å²) in [6.45, 7) is 6.08. The number of non-ortho nitro benzene ring substituents is 1. The van der Waals surface area contributed by atoms with Gasteiger partial charge < -0.3 is 15.0 Å². The van der Waals surface area contributed by atoms with Crippen LogP contribution in [-0.4, -0.2) is 53.3 Å². The quantitative estimate of drug-likeness (QED) is 0.265. The second-order valence-electron chi connectivity index (χ2n) is 10.1. The second kappa shape index (κ2) is 11.5. The highest BCUT2D eigenvalue weighted by Crippen LogP contribution is 2.28. The van der Waals surface area contributed by atoms with Gasteiger partial charge in [0.2, 0.25) is 0 Å². The number of piperidine rings is 1. The molecule has 2 aromatic carbocycles. The van der Waals surface area contributed by atoms with Crippen molar-refractivity contribution in [2.24, 2.45) is 0 Å². The third-order valence-electron chi connectivity index (χ3n) is 6.03.